The summed E-state index contributed by atoms with van der Waals surface area (Å²) >= 11 is 4.42. The summed E-state index contributed by atoms with van der Waals surface area (Å²) < 4.78 is 27.8. The molecule has 0 aliphatic heterocycles. The number of hydrogen-bond acceptors (Lipinski definition) is 4. The number of halogens is 1. The standard InChI is InChI=1S/C13H19BrN2O3S2/c1-10(17)16(11-4-2-3-5-11)9-8-15-21(18,19)13-7-6-12(14)20-13/h6-7,11,15H,2-5,8-9H2,1H3. The van der Waals surface area contributed by atoms with Crippen LogP contribution in [0.4, 0.5) is 0 Å². The molecular weight excluding hydrogens is 376 g/mol. The van der Waals surface area contributed by atoms with E-state index in [1.807, 2.05) is 0 Å². The molecular formula is C13H19BrN2O3S2. The van der Waals surface area contributed by atoms with Crippen LogP contribution in [0, 0.1) is 0 Å². The normalized spacial score (nSPS) is 16.3. The third-order valence-corrected chi connectivity index (χ3v) is 7.20. The molecule has 1 heterocycles. The van der Waals surface area contributed by atoms with Crippen LogP contribution in [0.25, 0.3) is 0 Å². The Morgan fingerprint density at radius 2 is 2.10 bits per heavy atom. The van der Waals surface area contributed by atoms with Crippen molar-refractivity contribution in [3.63, 3.8) is 0 Å². The maximum Gasteiger partial charge on any atom is 0.250 e. The molecule has 1 amide bonds. The van der Waals surface area contributed by atoms with Crippen molar-refractivity contribution in [2.45, 2.75) is 42.9 Å². The van der Waals surface area contributed by atoms with Gasteiger partial charge in [-0.25, -0.2) is 13.1 Å². The molecule has 1 fully saturated rings. The van der Waals surface area contributed by atoms with Crippen molar-refractivity contribution in [2.24, 2.45) is 0 Å². The van der Waals surface area contributed by atoms with Gasteiger partial charge in [0, 0.05) is 26.1 Å². The van der Waals surface area contributed by atoms with Crippen LogP contribution in [-0.4, -0.2) is 38.4 Å². The lowest BCUT2D eigenvalue weighted by molar-refractivity contribution is -0.130. The monoisotopic (exact) mass is 394 g/mol. The topological polar surface area (TPSA) is 66.5 Å². The van der Waals surface area contributed by atoms with E-state index in [0.29, 0.717) is 6.54 Å². The summed E-state index contributed by atoms with van der Waals surface area (Å²) in [4.78, 5) is 13.5. The highest BCUT2D eigenvalue weighted by molar-refractivity contribution is 9.11. The molecule has 8 heteroatoms. The van der Waals surface area contributed by atoms with Crippen LogP contribution in [0.2, 0.25) is 0 Å². The second-order valence-corrected chi connectivity index (χ2v) is 9.56. The maximum absolute atomic E-state index is 12.1. The summed E-state index contributed by atoms with van der Waals surface area (Å²) in [6.07, 6.45) is 4.32. The van der Waals surface area contributed by atoms with Gasteiger partial charge in [-0.2, -0.15) is 0 Å². The molecule has 21 heavy (non-hydrogen) atoms. The fourth-order valence-electron chi connectivity index (χ4n) is 2.63. The van der Waals surface area contributed by atoms with E-state index in [4.69, 9.17) is 0 Å². The average Bonchev–Trinajstić information content (AvgIpc) is 3.05. The predicted octanol–water partition coefficient (Wildman–Crippen LogP) is 2.58. The van der Waals surface area contributed by atoms with E-state index in [1.54, 1.807) is 24.0 Å². The van der Waals surface area contributed by atoms with E-state index in [9.17, 15) is 13.2 Å². The number of nitrogens with zero attached hydrogens (tertiary/aromatic N) is 1. The first-order valence-corrected chi connectivity index (χ1v) is 10.0. The molecule has 5 nitrogen and oxygen atoms in total. The molecule has 2 rings (SSSR count). The van der Waals surface area contributed by atoms with Crippen molar-refractivity contribution >= 4 is 43.2 Å². The zero-order valence-corrected chi connectivity index (χ0v) is 15.1. The van der Waals surface area contributed by atoms with Crippen molar-refractivity contribution < 1.29 is 13.2 Å². The molecule has 1 aromatic heterocycles. The number of thiophene rings is 1. The molecule has 0 unspecified atom stereocenters. The van der Waals surface area contributed by atoms with Gasteiger partial charge in [-0.05, 0) is 40.9 Å². The number of carbonyl (C=O) groups excluding carboxylic acids is 1. The molecule has 1 aliphatic carbocycles. The molecule has 0 radical (unpaired) electrons. The Morgan fingerprint density at radius 1 is 1.43 bits per heavy atom. The molecule has 1 saturated carbocycles. The Balaban J connectivity index is 1.91. The largest absolute Gasteiger partial charge is 0.339 e. The number of nitrogens with one attached hydrogen (secondary N) is 1. The molecule has 1 aromatic rings. The summed E-state index contributed by atoms with van der Waals surface area (Å²) in [6.45, 7) is 2.21. The third kappa shape index (κ3) is 4.51. The van der Waals surface area contributed by atoms with Crippen LogP contribution in [0.15, 0.2) is 20.1 Å². The number of hydrogen-bond donors (Lipinski definition) is 1. The number of amides is 1. The first-order chi connectivity index (χ1) is 9.90. The Bertz CT molecular complexity index is 594. The Labute approximate surface area is 137 Å². The summed E-state index contributed by atoms with van der Waals surface area (Å²) in [6, 6.07) is 3.54. The van der Waals surface area contributed by atoms with E-state index in [0.717, 1.165) is 29.5 Å². The molecule has 0 aromatic carbocycles. The van der Waals surface area contributed by atoms with Crippen molar-refractivity contribution in [1.29, 1.82) is 0 Å². The van der Waals surface area contributed by atoms with Crippen LogP contribution in [0.1, 0.15) is 32.6 Å². The Kier molecular flexibility index (Phi) is 5.81. The summed E-state index contributed by atoms with van der Waals surface area (Å²) in [5, 5.41) is 0. The smallest absolute Gasteiger partial charge is 0.250 e. The van der Waals surface area contributed by atoms with Gasteiger partial charge in [0.15, 0.2) is 0 Å². The number of sulfonamides is 1. The second-order valence-electron chi connectivity index (χ2n) is 5.11. The van der Waals surface area contributed by atoms with E-state index in [2.05, 4.69) is 20.7 Å². The van der Waals surface area contributed by atoms with Crippen LogP contribution >= 0.6 is 27.3 Å². The van der Waals surface area contributed by atoms with Crippen LogP contribution < -0.4 is 4.72 Å². The fourth-order valence-corrected chi connectivity index (χ4v) is 5.70. The van der Waals surface area contributed by atoms with E-state index < -0.39 is 10.0 Å². The summed E-state index contributed by atoms with van der Waals surface area (Å²) in [5.74, 6) is 0.0139. The molecule has 1 N–H and O–H groups in total. The van der Waals surface area contributed by atoms with Crippen LogP contribution in [0.5, 0.6) is 0 Å². The lowest BCUT2D eigenvalue weighted by Crippen LogP contribution is -2.42. The number of carbonyl (C=O) groups is 1. The SMILES string of the molecule is CC(=O)N(CCNS(=O)(=O)c1ccc(Br)s1)C1CCCC1. The molecule has 0 atom stereocenters. The van der Waals surface area contributed by atoms with Crippen molar-refractivity contribution in [3.8, 4) is 0 Å². The predicted molar refractivity (Wildman–Crippen MR) is 86.9 cm³/mol. The summed E-state index contributed by atoms with van der Waals surface area (Å²) in [5.41, 5.74) is 0. The average molecular weight is 395 g/mol. The molecule has 118 valence electrons. The number of rotatable bonds is 6. The van der Waals surface area contributed by atoms with Gasteiger partial charge >= 0.3 is 0 Å². The minimum Gasteiger partial charge on any atom is -0.339 e. The van der Waals surface area contributed by atoms with E-state index >= 15 is 0 Å². The fraction of sp³-hybridized carbons (Fsp3) is 0.615. The van der Waals surface area contributed by atoms with Crippen molar-refractivity contribution in [3.05, 3.63) is 15.9 Å². The van der Waals surface area contributed by atoms with Gasteiger partial charge < -0.3 is 4.90 Å². The van der Waals surface area contributed by atoms with Gasteiger partial charge in [0.25, 0.3) is 0 Å². The maximum atomic E-state index is 12.1. The van der Waals surface area contributed by atoms with Gasteiger partial charge in [0.2, 0.25) is 15.9 Å². The Morgan fingerprint density at radius 3 is 2.62 bits per heavy atom. The van der Waals surface area contributed by atoms with E-state index in [-0.39, 0.29) is 22.7 Å². The quantitative estimate of drug-likeness (QED) is 0.805. The van der Waals surface area contributed by atoms with Gasteiger partial charge in [-0.3, -0.25) is 4.79 Å². The first kappa shape index (κ1) is 16.9. The first-order valence-electron chi connectivity index (χ1n) is 6.92. The van der Waals surface area contributed by atoms with Crippen molar-refractivity contribution in [1.82, 2.24) is 9.62 Å². The minimum atomic E-state index is -3.48. The van der Waals surface area contributed by atoms with Gasteiger partial charge in [-0.1, -0.05) is 12.8 Å². The van der Waals surface area contributed by atoms with Crippen molar-refractivity contribution in [2.75, 3.05) is 13.1 Å². The Hall–Kier alpha value is -0.440. The third-order valence-electron chi connectivity index (χ3n) is 3.63. The van der Waals surface area contributed by atoms with Crippen LogP contribution in [0.3, 0.4) is 0 Å². The van der Waals surface area contributed by atoms with E-state index in [1.165, 1.54) is 11.3 Å². The van der Waals surface area contributed by atoms with Gasteiger partial charge in [0.1, 0.15) is 4.21 Å². The molecule has 0 spiro atoms. The zero-order valence-electron chi connectivity index (χ0n) is 11.8. The highest BCUT2D eigenvalue weighted by Gasteiger charge is 2.25. The van der Waals surface area contributed by atoms with Crippen LogP contribution in [-0.2, 0) is 14.8 Å². The molecule has 1 aliphatic rings. The highest BCUT2D eigenvalue weighted by atomic mass is 79.9. The molecule has 0 saturated heterocycles. The zero-order chi connectivity index (χ0) is 15.5. The summed E-state index contributed by atoms with van der Waals surface area (Å²) in [7, 11) is -3.48. The lowest BCUT2D eigenvalue weighted by atomic mass is 10.2. The van der Waals surface area contributed by atoms with Gasteiger partial charge in [-0.15, -0.1) is 11.3 Å². The minimum absolute atomic E-state index is 0.0139. The van der Waals surface area contributed by atoms with Gasteiger partial charge in [0.05, 0.1) is 3.79 Å². The highest BCUT2D eigenvalue weighted by Crippen LogP contribution is 2.26. The lowest BCUT2D eigenvalue weighted by Gasteiger charge is -2.27. The second kappa shape index (κ2) is 7.21. The molecule has 0 bridgehead atoms.